The van der Waals surface area contributed by atoms with Crippen molar-refractivity contribution in [3.05, 3.63) is 96.3 Å². The van der Waals surface area contributed by atoms with Crippen LogP contribution in [-0.4, -0.2) is 29.5 Å². The Balaban J connectivity index is 1.99. The zero-order valence-electron chi connectivity index (χ0n) is 15.6. The number of aromatic amines is 5. The highest BCUT2D eigenvalue weighted by Crippen LogP contribution is 2.36. The number of hydrogen-bond donors (Lipinski definition) is 5. The Hall–Kier alpha value is -4.67. The fourth-order valence-electron chi connectivity index (χ4n) is 3.60. The van der Waals surface area contributed by atoms with E-state index in [1.165, 1.54) is 28.8 Å². The minimum absolute atomic E-state index is 0.00452. The molecule has 0 aliphatic carbocycles. The number of benzene rings is 1. The first-order valence-corrected chi connectivity index (χ1v) is 9.07. The van der Waals surface area contributed by atoms with E-state index in [9.17, 15) is 23.6 Å². The van der Waals surface area contributed by atoms with Gasteiger partial charge < -0.3 is 9.55 Å². The van der Waals surface area contributed by atoms with E-state index in [2.05, 4.69) is 24.9 Å². The van der Waals surface area contributed by atoms with Crippen molar-refractivity contribution in [2.45, 2.75) is 0 Å². The van der Waals surface area contributed by atoms with E-state index in [-0.39, 0.29) is 33.7 Å². The number of H-pyrrole nitrogens is 5. The summed E-state index contributed by atoms with van der Waals surface area (Å²) >= 11 is 0. The molecule has 11 heteroatoms. The van der Waals surface area contributed by atoms with Crippen LogP contribution in [0, 0.1) is 5.82 Å². The van der Waals surface area contributed by atoms with Crippen molar-refractivity contribution in [3.8, 4) is 28.2 Å². The smallest absolute Gasteiger partial charge is 0.327 e. The first-order valence-electron chi connectivity index (χ1n) is 9.07. The summed E-state index contributed by atoms with van der Waals surface area (Å²) in [6.45, 7) is 0. The van der Waals surface area contributed by atoms with Gasteiger partial charge in [-0.2, -0.15) is 0 Å². The van der Waals surface area contributed by atoms with Gasteiger partial charge in [-0.05, 0) is 42.0 Å². The summed E-state index contributed by atoms with van der Waals surface area (Å²) in [6.07, 6.45) is 3.24. The van der Waals surface area contributed by atoms with E-state index in [1.807, 2.05) is 0 Å². The second kappa shape index (κ2) is 6.69. The average Bonchev–Trinajstić information content (AvgIpc) is 3.36. The second-order valence-electron chi connectivity index (χ2n) is 6.76. The topological polar surface area (TPSA) is 152 Å². The lowest BCUT2D eigenvalue weighted by Crippen LogP contribution is -2.27. The monoisotopic (exact) mass is 420 g/mol. The molecule has 1 aromatic carbocycles. The number of nitrogens with zero attached hydrogens (tertiary/aromatic N) is 1. The summed E-state index contributed by atoms with van der Waals surface area (Å²) in [6, 6.07) is 8.77. The molecule has 0 bridgehead atoms. The van der Waals surface area contributed by atoms with Crippen LogP contribution in [0.4, 0.5) is 4.39 Å². The van der Waals surface area contributed by atoms with Crippen molar-refractivity contribution >= 4 is 11.0 Å². The lowest BCUT2D eigenvalue weighted by Gasteiger charge is -2.11. The highest BCUT2D eigenvalue weighted by molar-refractivity contribution is 6.03. The Morgan fingerprint density at radius 2 is 1.35 bits per heavy atom. The van der Waals surface area contributed by atoms with E-state index in [0.29, 0.717) is 5.56 Å². The molecular weight excluding hydrogens is 407 g/mol. The van der Waals surface area contributed by atoms with Gasteiger partial charge in [0, 0.05) is 18.0 Å². The molecule has 5 N–H and O–H groups in total. The van der Waals surface area contributed by atoms with Gasteiger partial charge in [0.15, 0.2) is 0 Å². The summed E-state index contributed by atoms with van der Waals surface area (Å²) in [4.78, 5) is 61.8. The number of nitrogens with one attached hydrogen (secondary N) is 5. The van der Waals surface area contributed by atoms with E-state index < -0.39 is 28.3 Å². The molecule has 4 heterocycles. The van der Waals surface area contributed by atoms with E-state index in [4.69, 9.17) is 0 Å². The quantitative estimate of drug-likeness (QED) is 0.298. The lowest BCUT2D eigenvalue weighted by atomic mass is 10.0. The van der Waals surface area contributed by atoms with Crippen LogP contribution in [-0.2, 0) is 0 Å². The molecule has 0 fully saturated rings. The van der Waals surface area contributed by atoms with Crippen LogP contribution in [0.1, 0.15) is 0 Å². The first-order chi connectivity index (χ1) is 14.9. The largest absolute Gasteiger partial charge is 0.340 e. The molecule has 0 atom stereocenters. The Bertz CT molecular complexity index is 1670. The SMILES string of the molecule is O=c1[nH]c(-n2cccc2)c(-c2c(-c3ccc(F)cc3)[nH]c3[nH]c(=O)[nH]c(=O)c23)c(=O)[nH]1. The summed E-state index contributed by atoms with van der Waals surface area (Å²) in [5.41, 5.74) is -2.01. The molecular formula is C20H13FN6O4. The molecule has 5 aromatic rings. The fourth-order valence-corrected chi connectivity index (χ4v) is 3.60. The van der Waals surface area contributed by atoms with Crippen LogP contribution in [0.15, 0.2) is 68.0 Å². The zero-order chi connectivity index (χ0) is 21.7. The van der Waals surface area contributed by atoms with E-state index in [1.54, 1.807) is 24.5 Å². The number of hydrogen-bond acceptors (Lipinski definition) is 4. The fraction of sp³-hybridized carbons (Fsp3) is 0. The van der Waals surface area contributed by atoms with Crippen molar-refractivity contribution in [2.24, 2.45) is 0 Å². The van der Waals surface area contributed by atoms with Gasteiger partial charge in [0.1, 0.15) is 17.3 Å². The van der Waals surface area contributed by atoms with Gasteiger partial charge in [0.05, 0.1) is 16.6 Å². The Morgan fingerprint density at radius 1 is 0.710 bits per heavy atom. The predicted molar refractivity (Wildman–Crippen MR) is 111 cm³/mol. The third kappa shape index (κ3) is 2.95. The second-order valence-corrected chi connectivity index (χ2v) is 6.76. The zero-order valence-corrected chi connectivity index (χ0v) is 15.6. The van der Waals surface area contributed by atoms with Gasteiger partial charge in [-0.1, -0.05) is 0 Å². The van der Waals surface area contributed by atoms with Crippen LogP contribution in [0.25, 0.3) is 39.2 Å². The van der Waals surface area contributed by atoms with Crippen LogP contribution in [0.2, 0.25) is 0 Å². The molecule has 0 aliphatic heterocycles. The molecule has 0 unspecified atom stereocenters. The predicted octanol–water partition coefficient (Wildman–Crippen LogP) is 1.18. The lowest BCUT2D eigenvalue weighted by molar-refractivity contribution is 0.628. The van der Waals surface area contributed by atoms with Gasteiger partial charge in [-0.3, -0.25) is 29.5 Å². The van der Waals surface area contributed by atoms with Crippen molar-refractivity contribution < 1.29 is 4.39 Å². The third-order valence-corrected chi connectivity index (χ3v) is 4.86. The molecule has 154 valence electrons. The van der Waals surface area contributed by atoms with Crippen LogP contribution >= 0.6 is 0 Å². The Morgan fingerprint density at radius 3 is 2.06 bits per heavy atom. The molecule has 0 spiro atoms. The molecule has 0 saturated heterocycles. The molecule has 5 rings (SSSR count). The normalized spacial score (nSPS) is 11.3. The maximum atomic E-state index is 13.5. The van der Waals surface area contributed by atoms with Gasteiger partial charge in [-0.15, -0.1) is 0 Å². The molecule has 0 amide bonds. The molecule has 0 saturated carbocycles. The number of rotatable bonds is 3. The maximum Gasteiger partial charge on any atom is 0.327 e. The summed E-state index contributed by atoms with van der Waals surface area (Å²) in [5.74, 6) is -0.351. The number of fused-ring (bicyclic) bond motifs is 1. The average molecular weight is 420 g/mol. The number of halogens is 1. The van der Waals surface area contributed by atoms with Gasteiger partial charge in [-0.25, -0.2) is 14.0 Å². The molecule has 0 radical (unpaired) electrons. The van der Waals surface area contributed by atoms with Crippen molar-refractivity contribution in [2.75, 3.05) is 0 Å². The van der Waals surface area contributed by atoms with Crippen molar-refractivity contribution in [3.63, 3.8) is 0 Å². The minimum Gasteiger partial charge on any atom is -0.340 e. The molecule has 0 aliphatic rings. The molecule has 31 heavy (non-hydrogen) atoms. The first kappa shape index (κ1) is 18.4. The summed E-state index contributed by atoms with van der Waals surface area (Å²) < 4.78 is 15.0. The van der Waals surface area contributed by atoms with Gasteiger partial charge in [0.25, 0.3) is 11.1 Å². The maximum absolute atomic E-state index is 13.5. The summed E-state index contributed by atoms with van der Waals surface area (Å²) in [7, 11) is 0. The number of aromatic nitrogens is 6. The highest BCUT2D eigenvalue weighted by Gasteiger charge is 2.24. The van der Waals surface area contributed by atoms with E-state index >= 15 is 0 Å². The van der Waals surface area contributed by atoms with Gasteiger partial charge >= 0.3 is 11.4 Å². The third-order valence-electron chi connectivity index (χ3n) is 4.86. The van der Waals surface area contributed by atoms with Crippen molar-refractivity contribution in [1.29, 1.82) is 0 Å². The Kier molecular flexibility index (Phi) is 3.97. The Labute approximate surface area is 170 Å². The highest BCUT2D eigenvalue weighted by atomic mass is 19.1. The van der Waals surface area contributed by atoms with Crippen LogP contribution in [0.5, 0.6) is 0 Å². The minimum atomic E-state index is -0.748. The van der Waals surface area contributed by atoms with Gasteiger partial charge in [0.2, 0.25) is 0 Å². The van der Waals surface area contributed by atoms with Crippen molar-refractivity contribution in [1.82, 2.24) is 29.5 Å². The standard InChI is InChI=1S/C20H13FN6O4/c21-10-5-3-9(4-6-10)14-11(12-15(22-14)23-19(30)25-17(12)28)13-16(27-7-1-2-8-27)24-20(31)26-18(13)29/h1-8H,(H2,24,26,29,31)(H3,22,23,25,28,30). The van der Waals surface area contributed by atoms with E-state index in [0.717, 1.165) is 0 Å². The summed E-state index contributed by atoms with van der Waals surface area (Å²) in [5, 5.41) is 0.00452. The molecule has 10 nitrogen and oxygen atoms in total. The molecule has 4 aromatic heterocycles. The van der Waals surface area contributed by atoms with Crippen LogP contribution < -0.4 is 22.5 Å². The van der Waals surface area contributed by atoms with Crippen LogP contribution in [0.3, 0.4) is 0 Å².